The first kappa shape index (κ1) is 24.3. The van der Waals surface area contributed by atoms with Gasteiger partial charge >= 0.3 is 5.97 Å². The highest BCUT2D eigenvalue weighted by atomic mass is 16.5. The molecule has 0 unspecified atom stereocenters. The third-order valence-corrected chi connectivity index (χ3v) is 5.14. The van der Waals surface area contributed by atoms with Crippen LogP contribution >= 0.6 is 0 Å². The van der Waals surface area contributed by atoms with E-state index in [0.717, 1.165) is 28.3 Å². The first-order valence-electron chi connectivity index (χ1n) is 10.8. The molecule has 3 aromatic carbocycles. The molecule has 0 radical (unpaired) electrons. The molecule has 0 aliphatic carbocycles. The summed E-state index contributed by atoms with van der Waals surface area (Å²) in [6, 6.07) is 23.2. The summed E-state index contributed by atoms with van der Waals surface area (Å²) in [5, 5.41) is 11.4. The maximum absolute atomic E-state index is 12.4. The number of anilines is 4. The highest BCUT2D eigenvalue weighted by molar-refractivity contribution is 6.44. The Morgan fingerprint density at radius 2 is 1.68 bits per heavy atom. The Morgan fingerprint density at radius 1 is 1.06 bits per heavy atom. The Hall–Kier alpha value is -4.36. The highest BCUT2D eigenvalue weighted by Gasteiger charge is 2.16. The predicted molar refractivity (Wildman–Crippen MR) is 141 cm³/mol. The summed E-state index contributed by atoms with van der Waals surface area (Å²) in [6.45, 7) is 4.03. The van der Waals surface area contributed by atoms with Crippen LogP contribution in [-0.4, -0.2) is 32.9 Å². The lowest BCUT2D eigenvalue weighted by atomic mass is 10.1. The third kappa shape index (κ3) is 6.34. The predicted octanol–water partition coefficient (Wildman–Crippen LogP) is 4.07. The number of esters is 1. The van der Waals surface area contributed by atoms with Crippen molar-refractivity contribution in [3.05, 3.63) is 96.6 Å². The lowest BCUT2D eigenvalue weighted by Crippen LogP contribution is -2.73. The second-order valence-corrected chi connectivity index (χ2v) is 7.53. The fraction of sp³-hybridized carbons (Fsp3) is 0.111. The molecule has 3 aromatic rings. The molecule has 0 atom stereocenters. The molecule has 0 aliphatic heterocycles. The van der Waals surface area contributed by atoms with Crippen LogP contribution in [-0.2, 0) is 9.53 Å². The molecule has 0 bridgehead atoms. The minimum Gasteiger partial charge on any atom is -0.464 e. The van der Waals surface area contributed by atoms with E-state index in [1.165, 1.54) is 7.11 Å². The average Bonchev–Trinajstić information content (AvgIpc) is 2.87. The monoisotopic (exact) mass is 456 g/mol. The van der Waals surface area contributed by atoms with E-state index in [-0.39, 0.29) is 5.71 Å². The van der Waals surface area contributed by atoms with E-state index in [1.54, 1.807) is 18.1 Å². The van der Waals surface area contributed by atoms with Crippen LogP contribution in [0.15, 0.2) is 96.1 Å². The standard InChI is InChI=1S/C27H29N5O2/c1-19(9-10-20-7-5-6-8-25(20)29-2)26(27(33)34-4)31-32(3)24-17-15-23(16-18-24)30-22-13-11-21(28)12-14-22/h5-18,29-30H,1,28H2,2-4H3/p+1/b10-9-,31-26-. The quantitative estimate of drug-likeness (QED) is 0.148. The zero-order valence-corrected chi connectivity index (χ0v) is 19.7. The van der Waals surface area contributed by atoms with Gasteiger partial charge in [-0.3, -0.25) is 5.01 Å². The molecule has 0 saturated heterocycles. The third-order valence-electron chi connectivity index (χ3n) is 5.14. The molecule has 7 nitrogen and oxygen atoms in total. The normalized spacial score (nSPS) is 11.3. The number of hydrazone groups is 1. The van der Waals surface area contributed by atoms with E-state index in [0.29, 0.717) is 11.3 Å². The topological polar surface area (TPSA) is 96.6 Å². The Morgan fingerprint density at radius 3 is 2.29 bits per heavy atom. The number of carbonyl (C=O) groups is 1. The number of quaternary nitrogens is 1. The molecular weight excluding hydrogens is 426 g/mol. The summed E-state index contributed by atoms with van der Waals surface area (Å²) >= 11 is 0. The Balaban J connectivity index is 1.77. The van der Waals surface area contributed by atoms with E-state index in [2.05, 4.69) is 17.0 Å². The van der Waals surface area contributed by atoms with Gasteiger partial charge in [-0.1, -0.05) is 24.8 Å². The van der Waals surface area contributed by atoms with Crippen LogP contribution in [0.5, 0.6) is 0 Å². The van der Waals surface area contributed by atoms with E-state index in [9.17, 15) is 4.79 Å². The number of rotatable bonds is 9. The Kier molecular flexibility index (Phi) is 8.21. The van der Waals surface area contributed by atoms with Gasteiger partial charge in [-0.15, -0.1) is 0 Å². The maximum Gasteiger partial charge on any atom is 0.359 e. The minimum atomic E-state index is -0.557. The van der Waals surface area contributed by atoms with Gasteiger partial charge in [0, 0.05) is 35.2 Å². The van der Waals surface area contributed by atoms with Gasteiger partial charge < -0.3 is 21.1 Å². The van der Waals surface area contributed by atoms with Gasteiger partial charge in [0.05, 0.1) is 19.8 Å². The van der Waals surface area contributed by atoms with E-state index >= 15 is 0 Å². The van der Waals surface area contributed by atoms with Crippen LogP contribution in [0.25, 0.3) is 6.08 Å². The van der Waals surface area contributed by atoms with Crippen LogP contribution in [0, 0.1) is 0 Å². The van der Waals surface area contributed by atoms with Crippen LogP contribution in [0.3, 0.4) is 0 Å². The molecule has 0 aromatic heterocycles. The van der Waals surface area contributed by atoms with Gasteiger partial charge in [0.2, 0.25) is 0 Å². The fourth-order valence-corrected chi connectivity index (χ4v) is 3.23. The zero-order valence-electron chi connectivity index (χ0n) is 19.7. The number of nitrogens with two attached hydrogens (primary N) is 2. The lowest BCUT2D eigenvalue weighted by molar-refractivity contribution is -0.539. The summed E-state index contributed by atoms with van der Waals surface area (Å²) in [7, 11) is 5.08. The molecule has 3 rings (SSSR count). The van der Waals surface area contributed by atoms with Crippen molar-refractivity contribution < 1.29 is 14.8 Å². The van der Waals surface area contributed by atoms with Crippen molar-refractivity contribution in [2.75, 3.05) is 37.3 Å². The van der Waals surface area contributed by atoms with E-state index < -0.39 is 5.97 Å². The highest BCUT2D eigenvalue weighted by Crippen LogP contribution is 2.22. The molecule has 7 heteroatoms. The number of methoxy groups -OCH3 is 1. The maximum atomic E-state index is 12.4. The van der Waals surface area contributed by atoms with Crippen LogP contribution in [0.1, 0.15) is 5.56 Å². The fourth-order valence-electron chi connectivity index (χ4n) is 3.23. The lowest BCUT2D eigenvalue weighted by Gasteiger charge is -2.16. The van der Waals surface area contributed by atoms with Crippen LogP contribution in [0.2, 0.25) is 0 Å². The van der Waals surface area contributed by atoms with Crippen LogP contribution < -0.4 is 21.4 Å². The summed E-state index contributed by atoms with van der Waals surface area (Å²) in [6.07, 6.45) is 3.68. The number of ether oxygens (including phenoxy) is 1. The second-order valence-electron chi connectivity index (χ2n) is 7.53. The number of allylic oxidation sites excluding steroid dienone is 1. The van der Waals surface area contributed by atoms with Gasteiger partial charge in [0.15, 0.2) is 5.71 Å². The number of hydrogen-bond donors (Lipinski definition) is 3. The summed E-state index contributed by atoms with van der Waals surface area (Å²) < 4.78 is 4.94. The number of nitrogens with zero attached hydrogens (tertiary/aromatic N) is 2. The van der Waals surface area contributed by atoms with Gasteiger partial charge in [0.25, 0.3) is 0 Å². The van der Waals surface area contributed by atoms with Gasteiger partial charge in [-0.05, 0) is 66.7 Å². The van der Waals surface area contributed by atoms with Gasteiger partial charge in [0.1, 0.15) is 5.69 Å². The molecule has 174 valence electrons. The summed E-state index contributed by atoms with van der Waals surface area (Å²) in [4.78, 5) is 12.4. The molecule has 0 amide bonds. The number of para-hydroxylation sites is 1. The Bertz CT molecular complexity index is 1200. The van der Waals surface area contributed by atoms with Gasteiger partial charge in [-0.25, -0.2) is 4.79 Å². The first-order valence-corrected chi connectivity index (χ1v) is 10.8. The number of nitrogen functional groups attached to an aromatic ring is 1. The molecule has 0 aliphatic rings. The SMILES string of the molecule is C=C(/C=C\c1ccccc1[NH2+]C)/C(=N/N(C)c1ccc(Nc2ccc(N)cc2)cc1)C(=O)OC. The van der Waals surface area contributed by atoms with Crippen molar-refractivity contribution >= 4 is 46.2 Å². The van der Waals surface area contributed by atoms with Crippen molar-refractivity contribution in [3.8, 4) is 0 Å². The van der Waals surface area contributed by atoms with Crippen molar-refractivity contribution in [2.45, 2.75) is 0 Å². The number of hydrogen-bond acceptors (Lipinski definition) is 6. The van der Waals surface area contributed by atoms with Crippen molar-refractivity contribution in [1.29, 1.82) is 0 Å². The van der Waals surface area contributed by atoms with Crippen LogP contribution in [0.4, 0.5) is 28.4 Å². The summed E-state index contributed by atoms with van der Waals surface area (Å²) in [5.74, 6) is -0.557. The molecule has 0 fully saturated rings. The average molecular weight is 457 g/mol. The largest absolute Gasteiger partial charge is 0.464 e. The number of carbonyl (C=O) groups excluding carboxylic acids is 1. The zero-order chi connectivity index (χ0) is 24.5. The van der Waals surface area contributed by atoms with Crippen molar-refractivity contribution in [2.24, 2.45) is 5.10 Å². The smallest absolute Gasteiger partial charge is 0.359 e. The number of benzene rings is 3. The molecule has 0 saturated carbocycles. The Labute approximate surface area is 200 Å². The molecule has 5 N–H and O–H groups in total. The molecule has 34 heavy (non-hydrogen) atoms. The molecular formula is C27H30N5O2+. The molecule has 0 heterocycles. The van der Waals surface area contributed by atoms with Crippen molar-refractivity contribution in [3.63, 3.8) is 0 Å². The van der Waals surface area contributed by atoms with E-state index in [1.807, 2.05) is 91.2 Å². The van der Waals surface area contributed by atoms with Gasteiger partial charge in [-0.2, -0.15) is 5.10 Å². The second kappa shape index (κ2) is 11.5. The molecule has 0 spiro atoms. The van der Waals surface area contributed by atoms with E-state index in [4.69, 9.17) is 10.5 Å². The minimum absolute atomic E-state index is 0.128. The summed E-state index contributed by atoms with van der Waals surface area (Å²) in [5.41, 5.74) is 11.8. The van der Waals surface area contributed by atoms with Crippen molar-refractivity contribution in [1.82, 2.24) is 0 Å². The first-order chi connectivity index (χ1) is 16.4. The number of nitrogens with one attached hydrogen (secondary N) is 1.